The second-order valence-electron chi connectivity index (χ2n) is 4.95. The zero-order valence-corrected chi connectivity index (χ0v) is 14.3. The second-order valence-corrected chi connectivity index (χ2v) is 5.80. The predicted molar refractivity (Wildman–Crippen MR) is 97.6 cm³/mol. The molecular weight excluding hydrogens is 346 g/mol. The number of amides is 2. The minimum atomic E-state index is -0.404. The van der Waals surface area contributed by atoms with Gasteiger partial charge in [0, 0.05) is 17.0 Å². The Bertz CT molecular complexity index is 738. The summed E-state index contributed by atoms with van der Waals surface area (Å²) in [5.41, 5.74) is 6.34. The smallest absolute Gasteiger partial charge is 0.269 e. The number of thiocarbonyl (C=S) groups is 1. The van der Waals surface area contributed by atoms with Crippen molar-refractivity contribution in [1.82, 2.24) is 16.2 Å². The molecule has 2 aromatic carbocycles. The van der Waals surface area contributed by atoms with Crippen LogP contribution in [0, 0.1) is 0 Å². The lowest BCUT2D eigenvalue weighted by Crippen LogP contribution is -2.48. The molecule has 0 atom stereocenters. The van der Waals surface area contributed by atoms with E-state index in [2.05, 4.69) is 16.2 Å². The van der Waals surface area contributed by atoms with Crippen LogP contribution < -0.4 is 16.2 Å². The summed E-state index contributed by atoms with van der Waals surface area (Å²) in [5, 5.41) is 3.00. The molecular formula is C17H16ClN3O2S. The average molecular weight is 362 g/mol. The maximum absolute atomic E-state index is 11.9. The van der Waals surface area contributed by atoms with Crippen molar-refractivity contribution in [2.75, 3.05) is 0 Å². The van der Waals surface area contributed by atoms with Gasteiger partial charge < -0.3 is 5.32 Å². The van der Waals surface area contributed by atoms with Crippen LogP contribution >= 0.6 is 23.8 Å². The Morgan fingerprint density at radius 2 is 1.75 bits per heavy atom. The largest absolute Gasteiger partial charge is 0.302 e. The van der Waals surface area contributed by atoms with E-state index in [1.165, 1.54) is 6.07 Å². The van der Waals surface area contributed by atoms with Gasteiger partial charge in [0.25, 0.3) is 5.91 Å². The molecule has 0 unspecified atom stereocenters. The number of carbonyl (C=O) groups is 2. The van der Waals surface area contributed by atoms with Crippen molar-refractivity contribution in [1.29, 1.82) is 0 Å². The van der Waals surface area contributed by atoms with Crippen LogP contribution in [0.15, 0.2) is 54.6 Å². The first-order chi connectivity index (χ1) is 11.5. The standard InChI is InChI=1S/C17H16ClN3O2S/c18-14-8-4-7-13(11-14)16(23)20-21-17(24)19-15(22)10-9-12-5-2-1-3-6-12/h1-8,11H,9-10H2,(H,20,23)(H2,19,21,22,24). The highest BCUT2D eigenvalue weighted by atomic mass is 35.5. The summed E-state index contributed by atoms with van der Waals surface area (Å²) in [5.74, 6) is -0.633. The SMILES string of the molecule is O=C(CCc1ccccc1)NC(=S)NNC(=O)c1cccc(Cl)c1. The summed E-state index contributed by atoms with van der Waals surface area (Å²) in [7, 11) is 0. The Labute approximate surface area is 150 Å². The molecule has 24 heavy (non-hydrogen) atoms. The van der Waals surface area contributed by atoms with Crippen LogP contribution in [0.1, 0.15) is 22.3 Å². The van der Waals surface area contributed by atoms with E-state index >= 15 is 0 Å². The van der Waals surface area contributed by atoms with Crippen molar-refractivity contribution in [3.05, 3.63) is 70.7 Å². The van der Waals surface area contributed by atoms with Gasteiger partial charge >= 0.3 is 0 Å². The lowest BCUT2D eigenvalue weighted by molar-refractivity contribution is -0.119. The first-order valence-corrected chi connectivity index (χ1v) is 8.03. The quantitative estimate of drug-likeness (QED) is 0.578. The molecule has 0 fully saturated rings. The fourth-order valence-electron chi connectivity index (χ4n) is 1.94. The van der Waals surface area contributed by atoms with Gasteiger partial charge in [-0.1, -0.05) is 48.0 Å². The van der Waals surface area contributed by atoms with Crippen molar-refractivity contribution >= 4 is 40.7 Å². The Kier molecular flexibility index (Phi) is 6.72. The van der Waals surface area contributed by atoms with Gasteiger partial charge in [-0.05, 0) is 42.4 Å². The molecule has 0 radical (unpaired) electrons. The zero-order chi connectivity index (χ0) is 17.4. The molecule has 0 aliphatic carbocycles. The van der Waals surface area contributed by atoms with E-state index in [0.717, 1.165) is 5.56 Å². The molecule has 7 heteroatoms. The van der Waals surface area contributed by atoms with Gasteiger partial charge in [0.1, 0.15) is 0 Å². The van der Waals surface area contributed by atoms with Crippen LogP contribution in [0.25, 0.3) is 0 Å². The molecule has 5 nitrogen and oxygen atoms in total. The molecule has 2 amide bonds. The summed E-state index contributed by atoms with van der Waals surface area (Å²) in [6.45, 7) is 0. The van der Waals surface area contributed by atoms with Crippen LogP contribution in [-0.2, 0) is 11.2 Å². The number of aryl methyl sites for hydroxylation is 1. The number of hydrogen-bond acceptors (Lipinski definition) is 3. The number of halogens is 1. The van der Waals surface area contributed by atoms with Gasteiger partial charge in [-0.3, -0.25) is 20.4 Å². The first-order valence-electron chi connectivity index (χ1n) is 7.24. The molecule has 0 spiro atoms. The summed E-state index contributed by atoms with van der Waals surface area (Å²) in [6, 6.07) is 16.2. The molecule has 0 heterocycles. The number of nitrogens with one attached hydrogen (secondary N) is 3. The zero-order valence-electron chi connectivity index (χ0n) is 12.7. The van der Waals surface area contributed by atoms with Crippen LogP contribution in [0.4, 0.5) is 0 Å². The van der Waals surface area contributed by atoms with E-state index in [1.807, 2.05) is 30.3 Å². The maximum Gasteiger partial charge on any atom is 0.269 e. The van der Waals surface area contributed by atoms with E-state index in [0.29, 0.717) is 23.4 Å². The van der Waals surface area contributed by atoms with Crippen molar-refractivity contribution < 1.29 is 9.59 Å². The van der Waals surface area contributed by atoms with Crippen molar-refractivity contribution in [2.45, 2.75) is 12.8 Å². The minimum Gasteiger partial charge on any atom is -0.302 e. The van der Waals surface area contributed by atoms with E-state index in [9.17, 15) is 9.59 Å². The van der Waals surface area contributed by atoms with Crippen molar-refractivity contribution in [2.24, 2.45) is 0 Å². The van der Waals surface area contributed by atoms with Crippen molar-refractivity contribution in [3.8, 4) is 0 Å². The highest BCUT2D eigenvalue weighted by molar-refractivity contribution is 7.80. The van der Waals surface area contributed by atoms with Gasteiger partial charge in [0.05, 0.1) is 0 Å². The maximum atomic E-state index is 11.9. The van der Waals surface area contributed by atoms with Crippen LogP contribution in [0.5, 0.6) is 0 Å². The third-order valence-corrected chi connectivity index (χ3v) is 3.55. The summed E-state index contributed by atoms with van der Waals surface area (Å²) in [4.78, 5) is 23.7. The van der Waals surface area contributed by atoms with Gasteiger partial charge in [-0.2, -0.15) is 0 Å². The lowest BCUT2D eigenvalue weighted by Gasteiger charge is -2.11. The number of rotatable bonds is 4. The van der Waals surface area contributed by atoms with Crippen LogP contribution in [-0.4, -0.2) is 16.9 Å². The fourth-order valence-corrected chi connectivity index (χ4v) is 2.29. The van der Waals surface area contributed by atoms with E-state index in [4.69, 9.17) is 23.8 Å². The number of hydrogen-bond donors (Lipinski definition) is 3. The monoisotopic (exact) mass is 361 g/mol. The Balaban J connectivity index is 1.72. The molecule has 124 valence electrons. The van der Waals surface area contributed by atoms with Gasteiger partial charge in [-0.25, -0.2) is 0 Å². The highest BCUT2D eigenvalue weighted by Gasteiger charge is 2.08. The highest BCUT2D eigenvalue weighted by Crippen LogP contribution is 2.10. The second kappa shape index (κ2) is 9.00. The topological polar surface area (TPSA) is 70.2 Å². The third-order valence-electron chi connectivity index (χ3n) is 3.11. The first kappa shape index (κ1) is 17.9. The average Bonchev–Trinajstić information content (AvgIpc) is 2.59. The van der Waals surface area contributed by atoms with Crippen LogP contribution in [0.3, 0.4) is 0 Å². The third kappa shape index (κ3) is 5.98. The molecule has 0 bridgehead atoms. The normalized spacial score (nSPS) is 9.88. The summed E-state index contributed by atoms with van der Waals surface area (Å²) >= 11 is 10.8. The number of hydrazine groups is 1. The Morgan fingerprint density at radius 1 is 1.00 bits per heavy atom. The minimum absolute atomic E-state index is 0.0310. The van der Waals surface area contributed by atoms with E-state index in [1.54, 1.807) is 18.2 Å². The van der Waals surface area contributed by atoms with Gasteiger partial charge in [0.2, 0.25) is 5.91 Å². The van der Waals surface area contributed by atoms with Gasteiger partial charge in [-0.15, -0.1) is 0 Å². The van der Waals surface area contributed by atoms with E-state index < -0.39 is 5.91 Å². The fraction of sp³-hybridized carbons (Fsp3) is 0.118. The van der Waals surface area contributed by atoms with Crippen LogP contribution in [0.2, 0.25) is 5.02 Å². The molecule has 0 aliphatic heterocycles. The molecule has 0 aliphatic rings. The van der Waals surface area contributed by atoms with E-state index in [-0.39, 0.29) is 11.0 Å². The van der Waals surface area contributed by atoms with Gasteiger partial charge in [0.15, 0.2) is 5.11 Å². The lowest BCUT2D eigenvalue weighted by atomic mass is 10.1. The Hall–Kier alpha value is -2.44. The molecule has 2 aromatic rings. The Morgan fingerprint density at radius 3 is 2.46 bits per heavy atom. The molecule has 0 aromatic heterocycles. The number of benzene rings is 2. The molecule has 3 N–H and O–H groups in total. The molecule has 2 rings (SSSR count). The summed E-state index contributed by atoms with van der Waals surface area (Å²) in [6.07, 6.45) is 0.915. The van der Waals surface area contributed by atoms with Crippen molar-refractivity contribution in [3.63, 3.8) is 0 Å². The summed E-state index contributed by atoms with van der Waals surface area (Å²) < 4.78 is 0. The number of carbonyl (C=O) groups excluding carboxylic acids is 2. The molecule has 0 saturated carbocycles. The predicted octanol–water partition coefficient (Wildman–Crippen LogP) is 2.61. The molecule has 0 saturated heterocycles.